The molecule has 0 saturated heterocycles. The predicted octanol–water partition coefficient (Wildman–Crippen LogP) is 2.01. The predicted molar refractivity (Wildman–Crippen MR) is 89.2 cm³/mol. The fraction of sp³-hybridized carbons (Fsp3) is 0.235. The molecule has 6 nitrogen and oxygen atoms in total. The van der Waals surface area contributed by atoms with E-state index in [0.717, 1.165) is 6.07 Å². The highest BCUT2D eigenvalue weighted by molar-refractivity contribution is 5.85. The number of hydrogen-bond donors (Lipinski definition) is 2. The zero-order valence-electron chi connectivity index (χ0n) is 13.8. The number of aromatic nitrogens is 4. The summed E-state index contributed by atoms with van der Waals surface area (Å²) in [6.45, 7) is 3.05. The summed E-state index contributed by atoms with van der Waals surface area (Å²) < 4.78 is 29.1. The first kappa shape index (κ1) is 16.8. The van der Waals surface area contributed by atoms with E-state index in [1.807, 2.05) is 0 Å². The number of benzene rings is 1. The van der Waals surface area contributed by atoms with E-state index in [1.165, 1.54) is 30.5 Å². The van der Waals surface area contributed by atoms with Crippen LogP contribution in [0, 0.1) is 23.5 Å². The quantitative estimate of drug-likeness (QED) is 0.660. The molecule has 0 radical (unpaired) electrons. The molecular weight excluding hydrogens is 328 g/mol. The molecular formula is C17H15F2N5O. The van der Waals surface area contributed by atoms with Gasteiger partial charge in [-0.1, -0.05) is 12.0 Å². The van der Waals surface area contributed by atoms with Gasteiger partial charge in [0.2, 0.25) is 5.82 Å². The Morgan fingerprint density at radius 1 is 1.20 bits per heavy atom. The van der Waals surface area contributed by atoms with Crippen molar-refractivity contribution in [3.05, 3.63) is 35.7 Å². The van der Waals surface area contributed by atoms with Crippen LogP contribution in [0.3, 0.4) is 0 Å². The van der Waals surface area contributed by atoms with Crippen molar-refractivity contribution in [3.63, 3.8) is 0 Å². The summed E-state index contributed by atoms with van der Waals surface area (Å²) in [6, 6.07) is 3.83. The van der Waals surface area contributed by atoms with E-state index < -0.39 is 17.2 Å². The molecule has 0 spiro atoms. The second-order valence-electron chi connectivity index (χ2n) is 6.01. The molecule has 0 unspecified atom stereocenters. The number of nitrogens with zero attached hydrogens (tertiary/aromatic N) is 4. The van der Waals surface area contributed by atoms with Crippen LogP contribution >= 0.6 is 0 Å². The van der Waals surface area contributed by atoms with Crippen molar-refractivity contribution in [2.45, 2.75) is 19.4 Å². The van der Waals surface area contributed by atoms with Crippen LogP contribution in [-0.2, 0) is 7.05 Å². The van der Waals surface area contributed by atoms with Crippen molar-refractivity contribution in [2.24, 2.45) is 7.05 Å². The number of imidazole rings is 1. The standard InChI is InChI=1S/C17H15F2N5O/c1-17(2,25)8-7-11-21-14(20)13-16(22-11)24(3)15(23-13)9-5-4-6-10(18)12(9)19/h4-6,25H,1-3H3,(H2,20,21,22). The Hall–Kier alpha value is -3.05. The molecule has 2 aromatic heterocycles. The van der Waals surface area contributed by atoms with Crippen LogP contribution < -0.4 is 5.73 Å². The molecule has 3 aromatic rings. The molecule has 0 aliphatic carbocycles. The van der Waals surface area contributed by atoms with E-state index in [9.17, 15) is 13.9 Å². The van der Waals surface area contributed by atoms with Crippen molar-refractivity contribution in [2.75, 3.05) is 5.73 Å². The van der Waals surface area contributed by atoms with Crippen LogP contribution in [0.1, 0.15) is 19.7 Å². The zero-order chi connectivity index (χ0) is 18.4. The summed E-state index contributed by atoms with van der Waals surface area (Å²) >= 11 is 0. The molecule has 0 amide bonds. The second kappa shape index (κ2) is 5.79. The summed E-state index contributed by atoms with van der Waals surface area (Å²) in [7, 11) is 1.61. The Morgan fingerprint density at radius 3 is 2.60 bits per heavy atom. The fourth-order valence-corrected chi connectivity index (χ4v) is 2.26. The largest absolute Gasteiger partial charge is 0.382 e. The Balaban J connectivity index is 2.22. The molecule has 0 aliphatic rings. The molecule has 0 saturated carbocycles. The molecule has 8 heteroatoms. The van der Waals surface area contributed by atoms with Gasteiger partial charge >= 0.3 is 0 Å². The van der Waals surface area contributed by atoms with E-state index in [0.29, 0.717) is 5.65 Å². The van der Waals surface area contributed by atoms with Gasteiger partial charge in [0, 0.05) is 7.05 Å². The highest BCUT2D eigenvalue weighted by Gasteiger charge is 2.19. The molecule has 0 aliphatic heterocycles. The first-order chi connectivity index (χ1) is 11.7. The van der Waals surface area contributed by atoms with Crippen LogP contribution in [0.2, 0.25) is 0 Å². The smallest absolute Gasteiger partial charge is 0.209 e. The van der Waals surface area contributed by atoms with Crippen molar-refractivity contribution < 1.29 is 13.9 Å². The van der Waals surface area contributed by atoms with Crippen molar-refractivity contribution in [1.29, 1.82) is 0 Å². The molecule has 128 valence electrons. The average molecular weight is 343 g/mol. The van der Waals surface area contributed by atoms with Crippen LogP contribution in [0.25, 0.3) is 22.6 Å². The third-order valence-corrected chi connectivity index (χ3v) is 3.42. The summed E-state index contributed by atoms with van der Waals surface area (Å²) in [4.78, 5) is 12.5. The third-order valence-electron chi connectivity index (χ3n) is 3.42. The molecule has 0 atom stereocenters. The number of aryl methyl sites for hydroxylation is 1. The second-order valence-corrected chi connectivity index (χ2v) is 6.01. The van der Waals surface area contributed by atoms with Crippen molar-refractivity contribution in [3.8, 4) is 23.2 Å². The van der Waals surface area contributed by atoms with E-state index in [2.05, 4.69) is 26.8 Å². The normalized spacial score (nSPS) is 11.4. The first-order valence-corrected chi connectivity index (χ1v) is 7.37. The lowest BCUT2D eigenvalue weighted by Gasteiger charge is -2.06. The van der Waals surface area contributed by atoms with E-state index >= 15 is 0 Å². The van der Waals surface area contributed by atoms with Gasteiger partial charge in [-0.15, -0.1) is 0 Å². The van der Waals surface area contributed by atoms with Crippen molar-refractivity contribution in [1.82, 2.24) is 19.5 Å². The van der Waals surface area contributed by atoms with Gasteiger partial charge in [-0.3, -0.25) is 0 Å². The van der Waals surface area contributed by atoms with Crippen LogP contribution in [0.5, 0.6) is 0 Å². The van der Waals surface area contributed by atoms with Gasteiger partial charge < -0.3 is 15.4 Å². The van der Waals surface area contributed by atoms with Gasteiger partial charge in [-0.2, -0.15) is 0 Å². The maximum atomic E-state index is 14.1. The molecule has 25 heavy (non-hydrogen) atoms. The SMILES string of the molecule is Cn1c(-c2cccc(F)c2F)nc2c(N)nc(C#CC(C)(C)O)nc21. The highest BCUT2D eigenvalue weighted by atomic mass is 19.2. The van der Waals surface area contributed by atoms with Gasteiger partial charge in [0.25, 0.3) is 0 Å². The lowest BCUT2D eigenvalue weighted by Crippen LogP contribution is -2.14. The highest BCUT2D eigenvalue weighted by Crippen LogP contribution is 2.27. The topological polar surface area (TPSA) is 89.9 Å². The number of nitrogens with two attached hydrogens (primary N) is 1. The van der Waals surface area contributed by atoms with E-state index in [-0.39, 0.29) is 28.5 Å². The van der Waals surface area contributed by atoms with E-state index in [4.69, 9.17) is 5.73 Å². The van der Waals surface area contributed by atoms with Crippen LogP contribution in [0.15, 0.2) is 18.2 Å². The molecule has 3 rings (SSSR count). The maximum absolute atomic E-state index is 14.1. The fourth-order valence-electron chi connectivity index (χ4n) is 2.26. The Bertz CT molecular complexity index is 1040. The maximum Gasteiger partial charge on any atom is 0.209 e. The monoisotopic (exact) mass is 343 g/mol. The van der Waals surface area contributed by atoms with Gasteiger partial charge in [-0.05, 0) is 31.9 Å². The van der Waals surface area contributed by atoms with Gasteiger partial charge in [0.05, 0.1) is 5.56 Å². The summed E-state index contributed by atoms with van der Waals surface area (Å²) in [5, 5.41) is 9.67. The lowest BCUT2D eigenvalue weighted by atomic mass is 10.1. The minimum absolute atomic E-state index is 0.0102. The molecule has 0 bridgehead atoms. The number of halogens is 2. The minimum Gasteiger partial charge on any atom is -0.382 e. The van der Waals surface area contributed by atoms with Crippen molar-refractivity contribution >= 4 is 17.0 Å². The molecule has 2 heterocycles. The van der Waals surface area contributed by atoms with Gasteiger partial charge in [0.15, 0.2) is 28.6 Å². The molecule has 0 fully saturated rings. The van der Waals surface area contributed by atoms with E-state index in [1.54, 1.807) is 7.05 Å². The molecule has 3 N–H and O–H groups in total. The number of nitrogen functional groups attached to an aromatic ring is 1. The lowest BCUT2D eigenvalue weighted by molar-refractivity contribution is 0.143. The minimum atomic E-state index is -1.21. The number of hydrogen-bond acceptors (Lipinski definition) is 5. The Kier molecular flexibility index (Phi) is 3.89. The summed E-state index contributed by atoms with van der Waals surface area (Å²) in [6.07, 6.45) is 0. The Labute approximate surface area is 142 Å². The average Bonchev–Trinajstić information content (AvgIpc) is 2.85. The number of aliphatic hydroxyl groups is 1. The number of fused-ring (bicyclic) bond motifs is 1. The van der Waals surface area contributed by atoms with Gasteiger partial charge in [0.1, 0.15) is 11.4 Å². The first-order valence-electron chi connectivity index (χ1n) is 7.37. The van der Waals surface area contributed by atoms with Crippen LogP contribution in [-0.4, -0.2) is 30.2 Å². The summed E-state index contributed by atoms with van der Waals surface area (Å²) in [5.41, 5.74) is 5.26. The third kappa shape index (κ3) is 3.14. The number of anilines is 1. The summed E-state index contributed by atoms with van der Waals surface area (Å²) in [5.74, 6) is 3.57. The molecule has 1 aromatic carbocycles. The van der Waals surface area contributed by atoms with Gasteiger partial charge in [-0.25, -0.2) is 23.7 Å². The zero-order valence-corrected chi connectivity index (χ0v) is 13.8. The number of rotatable bonds is 1. The van der Waals surface area contributed by atoms with Crippen LogP contribution in [0.4, 0.5) is 14.6 Å². The Morgan fingerprint density at radius 2 is 1.92 bits per heavy atom.